The molecule has 0 aromatic heterocycles. The molecule has 1 atom stereocenters. The van der Waals surface area contributed by atoms with E-state index in [2.05, 4.69) is 22.9 Å². The highest BCUT2D eigenvalue weighted by Gasteiger charge is 2.05. The van der Waals surface area contributed by atoms with Crippen LogP contribution in [0, 0.1) is 0 Å². The van der Waals surface area contributed by atoms with E-state index in [9.17, 15) is 0 Å². The van der Waals surface area contributed by atoms with Crippen LogP contribution in [0.1, 0.15) is 18.9 Å². The molecule has 1 unspecified atom stereocenters. The molecular formula is C16H17BrClNO. The van der Waals surface area contributed by atoms with Gasteiger partial charge in [-0.3, -0.25) is 0 Å². The molecule has 0 heterocycles. The highest BCUT2D eigenvalue weighted by atomic mass is 79.9. The first-order chi connectivity index (χ1) is 9.58. The predicted octanol–water partition coefficient (Wildman–Crippen LogP) is 5.17. The summed E-state index contributed by atoms with van der Waals surface area (Å²) in [5, 5.41) is 0.580. The molecule has 20 heavy (non-hydrogen) atoms. The van der Waals surface area contributed by atoms with Gasteiger partial charge in [-0.25, -0.2) is 0 Å². The topological polar surface area (TPSA) is 35.2 Å². The summed E-state index contributed by atoms with van der Waals surface area (Å²) in [6.07, 6.45) is 1.86. The summed E-state index contributed by atoms with van der Waals surface area (Å²) in [7, 11) is 0. The number of benzene rings is 2. The van der Waals surface area contributed by atoms with Crippen LogP contribution in [0.5, 0.6) is 11.5 Å². The zero-order valence-corrected chi connectivity index (χ0v) is 13.6. The SMILES string of the molecule is CCC(N)Cc1ccc(Oc2ccc(Br)cc2Cl)cc1. The molecule has 2 N–H and O–H groups in total. The van der Waals surface area contributed by atoms with E-state index in [0.29, 0.717) is 10.8 Å². The molecule has 0 amide bonds. The molecule has 4 heteroatoms. The van der Waals surface area contributed by atoms with Crippen LogP contribution >= 0.6 is 27.5 Å². The highest BCUT2D eigenvalue weighted by Crippen LogP contribution is 2.31. The molecule has 0 spiro atoms. The summed E-state index contributed by atoms with van der Waals surface area (Å²) in [6.45, 7) is 2.09. The zero-order chi connectivity index (χ0) is 14.5. The van der Waals surface area contributed by atoms with Gasteiger partial charge in [0.25, 0.3) is 0 Å². The maximum absolute atomic E-state index is 6.13. The molecule has 0 saturated heterocycles. The Morgan fingerprint density at radius 1 is 1.20 bits per heavy atom. The molecule has 2 nitrogen and oxygen atoms in total. The van der Waals surface area contributed by atoms with Crippen LogP contribution in [0.25, 0.3) is 0 Å². The summed E-state index contributed by atoms with van der Waals surface area (Å²) < 4.78 is 6.70. The van der Waals surface area contributed by atoms with Crippen molar-refractivity contribution in [1.29, 1.82) is 0 Å². The fraction of sp³-hybridized carbons (Fsp3) is 0.250. The van der Waals surface area contributed by atoms with Crippen LogP contribution in [0.4, 0.5) is 0 Å². The lowest BCUT2D eigenvalue weighted by Crippen LogP contribution is -2.21. The van der Waals surface area contributed by atoms with Gasteiger partial charge in [0, 0.05) is 10.5 Å². The minimum absolute atomic E-state index is 0.211. The van der Waals surface area contributed by atoms with Gasteiger partial charge in [-0.15, -0.1) is 0 Å². The van der Waals surface area contributed by atoms with Crippen LogP contribution < -0.4 is 10.5 Å². The summed E-state index contributed by atoms with van der Waals surface area (Å²) in [5.74, 6) is 1.41. The van der Waals surface area contributed by atoms with Crippen LogP contribution in [0.2, 0.25) is 5.02 Å². The van der Waals surface area contributed by atoms with Crippen molar-refractivity contribution in [2.24, 2.45) is 5.73 Å². The first-order valence-corrected chi connectivity index (χ1v) is 7.73. The van der Waals surface area contributed by atoms with Crippen molar-refractivity contribution in [3.8, 4) is 11.5 Å². The van der Waals surface area contributed by atoms with E-state index in [1.165, 1.54) is 5.56 Å². The van der Waals surface area contributed by atoms with Gasteiger partial charge < -0.3 is 10.5 Å². The lowest BCUT2D eigenvalue weighted by Gasteiger charge is -2.11. The smallest absolute Gasteiger partial charge is 0.146 e. The fourth-order valence-electron chi connectivity index (χ4n) is 1.83. The fourth-order valence-corrected chi connectivity index (χ4v) is 2.54. The van der Waals surface area contributed by atoms with Crippen LogP contribution in [-0.4, -0.2) is 6.04 Å². The summed E-state index contributed by atoms with van der Waals surface area (Å²) in [6, 6.07) is 13.7. The molecule has 0 saturated carbocycles. The van der Waals surface area contributed by atoms with Crippen molar-refractivity contribution in [2.45, 2.75) is 25.8 Å². The van der Waals surface area contributed by atoms with Crippen LogP contribution in [-0.2, 0) is 6.42 Å². The van der Waals surface area contributed by atoms with Gasteiger partial charge in [0.05, 0.1) is 5.02 Å². The molecule has 0 fully saturated rings. The average molecular weight is 355 g/mol. The van der Waals surface area contributed by atoms with Gasteiger partial charge in [0.1, 0.15) is 11.5 Å². The maximum atomic E-state index is 6.13. The Kier molecular flexibility index (Phi) is 5.46. The van der Waals surface area contributed by atoms with Crippen molar-refractivity contribution in [2.75, 3.05) is 0 Å². The van der Waals surface area contributed by atoms with E-state index in [1.807, 2.05) is 42.5 Å². The molecule has 2 rings (SSSR count). The van der Waals surface area contributed by atoms with Gasteiger partial charge in [-0.2, -0.15) is 0 Å². The van der Waals surface area contributed by atoms with Gasteiger partial charge >= 0.3 is 0 Å². The number of halogens is 2. The number of hydrogen-bond acceptors (Lipinski definition) is 2. The van der Waals surface area contributed by atoms with E-state index >= 15 is 0 Å². The second kappa shape index (κ2) is 7.11. The van der Waals surface area contributed by atoms with Gasteiger partial charge in [0.2, 0.25) is 0 Å². The third-order valence-corrected chi connectivity index (χ3v) is 3.86. The Balaban J connectivity index is 2.07. The molecular weight excluding hydrogens is 338 g/mol. The first-order valence-electron chi connectivity index (χ1n) is 6.56. The van der Waals surface area contributed by atoms with Crippen LogP contribution in [0.15, 0.2) is 46.9 Å². The standard InChI is InChI=1S/C16H17BrClNO/c1-2-13(19)9-11-3-6-14(7-4-11)20-16-8-5-12(17)10-15(16)18/h3-8,10,13H,2,9,19H2,1H3. The Morgan fingerprint density at radius 2 is 1.90 bits per heavy atom. The lowest BCUT2D eigenvalue weighted by molar-refractivity contribution is 0.482. The third kappa shape index (κ3) is 4.23. The van der Waals surface area contributed by atoms with Crippen molar-refractivity contribution in [3.63, 3.8) is 0 Å². The molecule has 0 aliphatic carbocycles. The summed E-state index contributed by atoms with van der Waals surface area (Å²) in [4.78, 5) is 0. The van der Waals surface area contributed by atoms with E-state index in [0.717, 1.165) is 23.1 Å². The Labute approximate surface area is 133 Å². The average Bonchev–Trinajstić information content (AvgIpc) is 2.44. The number of rotatable bonds is 5. The molecule has 2 aromatic rings. The summed E-state index contributed by atoms with van der Waals surface area (Å²) in [5.41, 5.74) is 7.16. The van der Waals surface area contributed by atoms with Gasteiger partial charge in [-0.05, 0) is 48.7 Å². The lowest BCUT2D eigenvalue weighted by atomic mass is 10.0. The van der Waals surface area contributed by atoms with Gasteiger partial charge in [0.15, 0.2) is 0 Å². The van der Waals surface area contributed by atoms with E-state index in [4.69, 9.17) is 22.1 Å². The summed E-state index contributed by atoms with van der Waals surface area (Å²) >= 11 is 9.50. The molecule has 0 bridgehead atoms. The Bertz CT molecular complexity index is 571. The normalized spacial score (nSPS) is 12.2. The van der Waals surface area contributed by atoms with E-state index in [-0.39, 0.29) is 6.04 Å². The molecule has 2 aromatic carbocycles. The van der Waals surface area contributed by atoms with E-state index in [1.54, 1.807) is 0 Å². The van der Waals surface area contributed by atoms with Crippen molar-refractivity contribution in [1.82, 2.24) is 0 Å². The minimum Gasteiger partial charge on any atom is -0.456 e. The number of ether oxygens (including phenoxy) is 1. The predicted molar refractivity (Wildman–Crippen MR) is 87.6 cm³/mol. The molecule has 0 radical (unpaired) electrons. The monoisotopic (exact) mass is 353 g/mol. The van der Waals surface area contributed by atoms with Crippen molar-refractivity contribution < 1.29 is 4.74 Å². The quantitative estimate of drug-likeness (QED) is 0.803. The molecule has 0 aliphatic rings. The first kappa shape index (κ1) is 15.4. The Hall–Kier alpha value is -1.03. The molecule has 0 aliphatic heterocycles. The number of hydrogen-bond donors (Lipinski definition) is 1. The second-order valence-electron chi connectivity index (χ2n) is 4.69. The van der Waals surface area contributed by atoms with Gasteiger partial charge in [-0.1, -0.05) is 46.6 Å². The second-order valence-corrected chi connectivity index (χ2v) is 6.02. The maximum Gasteiger partial charge on any atom is 0.146 e. The van der Waals surface area contributed by atoms with Crippen molar-refractivity contribution >= 4 is 27.5 Å². The van der Waals surface area contributed by atoms with Crippen LogP contribution in [0.3, 0.4) is 0 Å². The van der Waals surface area contributed by atoms with Crippen molar-refractivity contribution in [3.05, 3.63) is 57.5 Å². The molecule has 106 valence electrons. The largest absolute Gasteiger partial charge is 0.456 e. The zero-order valence-electron chi connectivity index (χ0n) is 11.3. The minimum atomic E-state index is 0.211. The number of nitrogens with two attached hydrogens (primary N) is 1. The van der Waals surface area contributed by atoms with E-state index < -0.39 is 0 Å². The Morgan fingerprint density at radius 3 is 2.50 bits per heavy atom. The highest BCUT2D eigenvalue weighted by molar-refractivity contribution is 9.10. The third-order valence-electron chi connectivity index (χ3n) is 3.07.